The molecular weight excluding hydrogens is 335 g/mol. The van der Waals surface area contributed by atoms with E-state index in [4.69, 9.17) is 10.5 Å². The van der Waals surface area contributed by atoms with Gasteiger partial charge in [0.05, 0.1) is 6.61 Å². The first-order chi connectivity index (χ1) is 11.8. The highest BCUT2D eigenvalue weighted by Crippen LogP contribution is 2.27. The van der Waals surface area contributed by atoms with Crippen molar-refractivity contribution in [2.75, 3.05) is 6.61 Å². The van der Waals surface area contributed by atoms with Crippen LogP contribution in [0.4, 0.5) is 13.2 Å². The largest absolute Gasteiger partial charge is 0.573 e. The summed E-state index contributed by atoms with van der Waals surface area (Å²) in [4.78, 5) is 11.6. The average Bonchev–Trinajstić information content (AvgIpc) is 2.54. The van der Waals surface area contributed by atoms with Gasteiger partial charge >= 0.3 is 12.3 Å². The second-order valence-electron chi connectivity index (χ2n) is 5.34. The van der Waals surface area contributed by atoms with Crippen LogP contribution in [-0.2, 0) is 16.0 Å². The van der Waals surface area contributed by atoms with Crippen molar-refractivity contribution < 1.29 is 27.4 Å². The lowest BCUT2D eigenvalue weighted by atomic mass is 9.99. The van der Waals surface area contributed by atoms with Crippen molar-refractivity contribution in [3.8, 4) is 16.9 Å². The first-order valence-corrected chi connectivity index (χ1v) is 7.66. The summed E-state index contributed by atoms with van der Waals surface area (Å²) in [5, 5.41) is 0. The standard InChI is InChI=1S/C18H18F3NO3/c1-2-24-17(23)16(22)11-12-4-3-5-14(10-12)13-6-8-15(9-7-13)25-18(19,20)21/h3-10,16H,2,11,22H2,1H3/t16-/m1/s1. The Morgan fingerprint density at radius 1 is 1.12 bits per heavy atom. The molecule has 134 valence electrons. The zero-order valence-corrected chi connectivity index (χ0v) is 13.5. The van der Waals surface area contributed by atoms with E-state index in [9.17, 15) is 18.0 Å². The van der Waals surface area contributed by atoms with E-state index in [0.29, 0.717) is 6.42 Å². The molecule has 0 spiro atoms. The molecule has 0 unspecified atom stereocenters. The van der Waals surface area contributed by atoms with Crippen LogP contribution in [0.5, 0.6) is 5.75 Å². The molecule has 0 aliphatic carbocycles. The number of esters is 1. The van der Waals surface area contributed by atoms with Crippen molar-refractivity contribution in [3.63, 3.8) is 0 Å². The van der Waals surface area contributed by atoms with Crippen LogP contribution >= 0.6 is 0 Å². The molecule has 4 nitrogen and oxygen atoms in total. The fraction of sp³-hybridized carbons (Fsp3) is 0.278. The highest BCUT2D eigenvalue weighted by molar-refractivity contribution is 5.76. The predicted molar refractivity (Wildman–Crippen MR) is 86.9 cm³/mol. The number of hydrogen-bond acceptors (Lipinski definition) is 4. The summed E-state index contributed by atoms with van der Waals surface area (Å²) in [6.07, 6.45) is -4.41. The maximum atomic E-state index is 12.2. The normalized spacial score (nSPS) is 12.5. The van der Waals surface area contributed by atoms with Crippen molar-refractivity contribution in [1.29, 1.82) is 0 Å². The van der Waals surface area contributed by atoms with Crippen molar-refractivity contribution in [3.05, 3.63) is 54.1 Å². The fourth-order valence-corrected chi connectivity index (χ4v) is 2.31. The number of halogens is 3. The molecule has 1 atom stereocenters. The summed E-state index contributed by atoms with van der Waals surface area (Å²) in [5.74, 6) is -0.752. The van der Waals surface area contributed by atoms with Crippen molar-refractivity contribution in [2.24, 2.45) is 5.73 Å². The minimum absolute atomic E-state index is 0.263. The van der Waals surface area contributed by atoms with Crippen LogP contribution in [0.3, 0.4) is 0 Å². The van der Waals surface area contributed by atoms with Gasteiger partial charge in [0.25, 0.3) is 0 Å². The molecule has 0 aliphatic heterocycles. The van der Waals surface area contributed by atoms with Gasteiger partial charge in [-0.25, -0.2) is 0 Å². The number of carbonyl (C=O) groups excluding carboxylic acids is 1. The molecule has 7 heteroatoms. The molecule has 0 heterocycles. The number of benzene rings is 2. The fourth-order valence-electron chi connectivity index (χ4n) is 2.31. The highest BCUT2D eigenvalue weighted by atomic mass is 19.4. The lowest BCUT2D eigenvalue weighted by molar-refractivity contribution is -0.274. The van der Waals surface area contributed by atoms with Gasteiger partial charge in [-0.05, 0) is 42.2 Å². The van der Waals surface area contributed by atoms with Gasteiger partial charge in [0, 0.05) is 0 Å². The maximum absolute atomic E-state index is 12.2. The Morgan fingerprint density at radius 3 is 2.40 bits per heavy atom. The molecule has 0 fully saturated rings. The Balaban J connectivity index is 2.11. The van der Waals surface area contributed by atoms with Crippen LogP contribution in [0.1, 0.15) is 12.5 Å². The molecule has 2 aromatic rings. The molecule has 0 radical (unpaired) electrons. The molecule has 0 bridgehead atoms. The lowest BCUT2D eigenvalue weighted by Crippen LogP contribution is -2.34. The van der Waals surface area contributed by atoms with Gasteiger partial charge < -0.3 is 15.2 Å². The van der Waals surface area contributed by atoms with Gasteiger partial charge in [-0.2, -0.15) is 0 Å². The second-order valence-corrected chi connectivity index (χ2v) is 5.34. The summed E-state index contributed by atoms with van der Waals surface area (Å²) in [7, 11) is 0. The number of ether oxygens (including phenoxy) is 2. The smallest absolute Gasteiger partial charge is 0.465 e. The molecule has 0 saturated carbocycles. The van der Waals surface area contributed by atoms with E-state index in [2.05, 4.69) is 4.74 Å². The van der Waals surface area contributed by atoms with E-state index in [-0.39, 0.29) is 12.4 Å². The number of rotatable bonds is 6. The van der Waals surface area contributed by atoms with Crippen LogP contribution in [0.15, 0.2) is 48.5 Å². The first kappa shape index (κ1) is 18.8. The summed E-state index contributed by atoms with van der Waals surface area (Å²) in [5.41, 5.74) is 8.15. The Morgan fingerprint density at radius 2 is 1.80 bits per heavy atom. The van der Waals surface area contributed by atoms with E-state index < -0.39 is 18.4 Å². The molecule has 25 heavy (non-hydrogen) atoms. The average molecular weight is 353 g/mol. The zero-order valence-electron chi connectivity index (χ0n) is 13.5. The van der Waals surface area contributed by atoms with Crippen molar-refractivity contribution in [1.82, 2.24) is 0 Å². The van der Waals surface area contributed by atoms with E-state index in [1.807, 2.05) is 18.2 Å². The van der Waals surface area contributed by atoms with E-state index in [0.717, 1.165) is 16.7 Å². The van der Waals surface area contributed by atoms with E-state index in [1.165, 1.54) is 24.3 Å². The summed E-state index contributed by atoms with van der Waals surface area (Å²) in [6, 6.07) is 12.1. The molecular formula is C18H18F3NO3. The minimum atomic E-state index is -4.72. The molecule has 0 aliphatic rings. The van der Waals surface area contributed by atoms with Gasteiger partial charge in [0.1, 0.15) is 11.8 Å². The van der Waals surface area contributed by atoms with Gasteiger partial charge in [0.15, 0.2) is 0 Å². The van der Waals surface area contributed by atoms with Crippen LogP contribution in [0, 0.1) is 0 Å². The third kappa shape index (κ3) is 5.79. The van der Waals surface area contributed by atoms with Crippen LogP contribution < -0.4 is 10.5 Å². The molecule has 2 rings (SSSR count). The topological polar surface area (TPSA) is 61.5 Å². The summed E-state index contributed by atoms with van der Waals surface area (Å²) >= 11 is 0. The molecule has 2 aromatic carbocycles. The number of hydrogen-bond donors (Lipinski definition) is 1. The SMILES string of the molecule is CCOC(=O)[C@H](N)Cc1cccc(-c2ccc(OC(F)(F)F)cc2)c1. The Hall–Kier alpha value is -2.54. The zero-order chi connectivity index (χ0) is 18.4. The molecule has 0 aromatic heterocycles. The van der Waals surface area contributed by atoms with E-state index in [1.54, 1.807) is 13.0 Å². The summed E-state index contributed by atoms with van der Waals surface area (Å²) < 4.78 is 45.3. The van der Waals surface area contributed by atoms with E-state index >= 15 is 0 Å². The second kappa shape index (κ2) is 8.02. The summed E-state index contributed by atoms with van der Waals surface area (Å²) in [6.45, 7) is 1.97. The van der Waals surface area contributed by atoms with Gasteiger partial charge in [0.2, 0.25) is 0 Å². The van der Waals surface area contributed by atoms with Crippen LogP contribution in [0.2, 0.25) is 0 Å². The third-order valence-electron chi connectivity index (χ3n) is 3.39. The highest BCUT2D eigenvalue weighted by Gasteiger charge is 2.30. The Kier molecular flexibility index (Phi) is 6.03. The number of alkyl halides is 3. The monoisotopic (exact) mass is 353 g/mol. The van der Waals surface area contributed by atoms with Crippen molar-refractivity contribution in [2.45, 2.75) is 25.7 Å². The molecule has 2 N–H and O–H groups in total. The predicted octanol–water partition coefficient (Wildman–Crippen LogP) is 3.69. The quantitative estimate of drug-likeness (QED) is 0.805. The van der Waals surface area contributed by atoms with Crippen LogP contribution in [-0.4, -0.2) is 25.0 Å². The Labute approximate surface area is 143 Å². The molecule has 0 amide bonds. The van der Waals surface area contributed by atoms with Gasteiger partial charge in [-0.1, -0.05) is 36.4 Å². The number of carbonyl (C=O) groups is 1. The minimum Gasteiger partial charge on any atom is -0.465 e. The lowest BCUT2D eigenvalue weighted by Gasteiger charge is -2.12. The van der Waals surface area contributed by atoms with Crippen molar-refractivity contribution >= 4 is 5.97 Å². The molecule has 0 saturated heterocycles. The van der Waals surface area contributed by atoms with Crippen LogP contribution in [0.25, 0.3) is 11.1 Å². The third-order valence-corrected chi connectivity index (χ3v) is 3.39. The maximum Gasteiger partial charge on any atom is 0.573 e. The van der Waals surface area contributed by atoms with Gasteiger partial charge in [-0.3, -0.25) is 4.79 Å². The Bertz CT molecular complexity index is 714. The van der Waals surface area contributed by atoms with Gasteiger partial charge in [-0.15, -0.1) is 13.2 Å². The number of nitrogens with two attached hydrogens (primary N) is 1. The first-order valence-electron chi connectivity index (χ1n) is 7.66.